The molecule has 0 saturated carbocycles. The van der Waals surface area contributed by atoms with Gasteiger partial charge in [0.1, 0.15) is 5.75 Å². The summed E-state index contributed by atoms with van der Waals surface area (Å²) in [6, 6.07) is 13.3. The van der Waals surface area contributed by atoms with E-state index in [2.05, 4.69) is 5.32 Å². The van der Waals surface area contributed by atoms with Crippen molar-refractivity contribution in [2.75, 3.05) is 24.8 Å². The van der Waals surface area contributed by atoms with Crippen LogP contribution in [0.15, 0.2) is 53.4 Å². The van der Waals surface area contributed by atoms with Crippen molar-refractivity contribution in [2.24, 2.45) is 5.73 Å². The molecule has 26 heavy (non-hydrogen) atoms. The van der Waals surface area contributed by atoms with E-state index in [1.165, 1.54) is 23.9 Å². The highest BCUT2D eigenvalue weighted by Gasteiger charge is 2.09. The zero-order chi connectivity index (χ0) is 18.9. The van der Waals surface area contributed by atoms with E-state index in [0.717, 1.165) is 10.6 Å². The highest BCUT2D eigenvalue weighted by atomic mass is 32.2. The monoisotopic (exact) mass is 374 g/mol. The van der Waals surface area contributed by atoms with Gasteiger partial charge in [0.25, 0.3) is 5.91 Å². The Hall–Kier alpha value is -3.00. The lowest BCUT2D eigenvalue weighted by Crippen LogP contribution is -2.21. The first-order valence-corrected chi connectivity index (χ1v) is 8.58. The summed E-state index contributed by atoms with van der Waals surface area (Å²) in [7, 11) is 1.58. The minimum Gasteiger partial charge on any atom is -0.497 e. The van der Waals surface area contributed by atoms with Gasteiger partial charge in [-0.1, -0.05) is 0 Å². The molecule has 0 fully saturated rings. The van der Waals surface area contributed by atoms with E-state index in [-0.39, 0.29) is 12.4 Å². The summed E-state index contributed by atoms with van der Waals surface area (Å²) < 4.78 is 9.99. The third kappa shape index (κ3) is 6.14. The van der Waals surface area contributed by atoms with Crippen LogP contribution >= 0.6 is 11.8 Å². The van der Waals surface area contributed by atoms with Crippen LogP contribution in [0.2, 0.25) is 0 Å². The largest absolute Gasteiger partial charge is 0.497 e. The molecule has 0 aliphatic heterocycles. The van der Waals surface area contributed by atoms with Gasteiger partial charge in [-0.05, 0) is 48.5 Å². The lowest BCUT2D eigenvalue weighted by Gasteiger charge is -2.07. The Bertz CT molecular complexity index is 775. The predicted octanol–water partition coefficient (Wildman–Crippen LogP) is 2.07. The summed E-state index contributed by atoms with van der Waals surface area (Å²) in [6.45, 7) is -0.389. The van der Waals surface area contributed by atoms with Gasteiger partial charge in [-0.2, -0.15) is 0 Å². The molecule has 8 heteroatoms. The first kappa shape index (κ1) is 19.3. The molecule has 3 N–H and O–H groups in total. The van der Waals surface area contributed by atoms with E-state index >= 15 is 0 Å². The van der Waals surface area contributed by atoms with Crippen molar-refractivity contribution < 1.29 is 23.9 Å². The number of ether oxygens (including phenoxy) is 2. The molecule has 0 bridgehead atoms. The van der Waals surface area contributed by atoms with Crippen molar-refractivity contribution in [1.29, 1.82) is 0 Å². The average Bonchev–Trinajstić information content (AvgIpc) is 2.65. The number of nitrogens with one attached hydrogen (secondary N) is 1. The van der Waals surface area contributed by atoms with E-state index in [1.807, 2.05) is 12.1 Å². The highest BCUT2D eigenvalue weighted by Crippen LogP contribution is 2.21. The van der Waals surface area contributed by atoms with Crippen molar-refractivity contribution in [2.45, 2.75) is 4.90 Å². The second kappa shape index (κ2) is 9.47. The van der Waals surface area contributed by atoms with Crippen LogP contribution < -0.4 is 15.8 Å². The van der Waals surface area contributed by atoms with Gasteiger partial charge < -0.3 is 20.5 Å². The average molecular weight is 374 g/mol. The van der Waals surface area contributed by atoms with Crippen molar-refractivity contribution >= 4 is 35.2 Å². The Morgan fingerprint density at radius 2 is 1.69 bits per heavy atom. The minimum absolute atomic E-state index is 0.0902. The second-order valence-electron chi connectivity index (χ2n) is 5.11. The Labute approximate surface area is 154 Å². The van der Waals surface area contributed by atoms with Gasteiger partial charge in [0, 0.05) is 16.1 Å². The third-order valence-electron chi connectivity index (χ3n) is 3.23. The van der Waals surface area contributed by atoms with Crippen molar-refractivity contribution in [3.05, 3.63) is 54.1 Å². The smallest absolute Gasteiger partial charge is 0.316 e. The van der Waals surface area contributed by atoms with Crippen molar-refractivity contribution in [1.82, 2.24) is 0 Å². The van der Waals surface area contributed by atoms with Crippen LogP contribution in [0.25, 0.3) is 0 Å². The van der Waals surface area contributed by atoms with Crippen LogP contribution in [0.5, 0.6) is 5.75 Å². The first-order chi connectivity index (χ1) is 12.5. The number of carbonyl (C=O) groups excluding carboxylic acids is 3. The number of methoxy groups -OCH3 is 1. The number of hydrogen-bond acceptors (Lipinski definition) is 6. The summed E-state index contributed by atoms with van der Waals surface area (Å²) in [5.74, 6) is -0.694. The molecule has 2 aromatic carbocycles. The van der Waals surface area contributed by atoms with Crippen molar-refractivity contribution in [3.8, 4) is 5.75 Å². The maximum Gasteiger partial charge on any atom is 0.316 e. The van der Waals surface area contributed by atoms with E-state index < -0.39 is 17.8 Å². The van der Waals surface area contributed by atoms with E-state index in [4.69, 9.17) is 15.2 Å². The summed E-state index contributed by atoms with van der Waals surface area (Å²) in [6.07, 6.45) is 0. The fraction of sp³-hybridized carbons (Fsp3) is 0.167. The van der Waals surface area contributed by atoms with Gasteiger partial charge in [-0.25, -0.2) is 0 Å². The Balaban J connectivity index is 1.72. The molecule has 0 atom stereocenters. The maximum absolute atomic E-state index is 11.8. The number of hydrogen-bond donors (Lipinski definition) is 2. The van der Waals surface area contributed by atoms with Gasteiger partial charge in [0.05, 0.1) is 12.9 Å². The van der Waals surface area contributed by atoms with Crippen LogP contribution in [-0.4, -0.2) is 37.3 Å². The van der Waals surface area contributed by atoms with Gasteiger partial charge in [0.2, 0.25) is 5.91 Å². The molecule has 0 aromatic heterocycles. The number of rotatable bonds is 8. The SMILES string of the molecule is COc1ccc(SCC(=O)OCC(=O)Nc2ccc(C(N)=O)cc2)cc1. The first-order valence-electron chi connectivity index (χ1n) is 7.60. The summed E-state index contributed by atoms with van der Waals surface area (Å²) in [4.78, 5) is 35.4. The molecular formula is C18H18N2O5S. The third-order valence-corrected chi connectivity index (χ3v) is 4.22. The number of anilines is 1. The number of primary amides is 1. The predicted molar refractivity (Wildman–Crippen MR) is 98.3 cm³/mol. The lowest BCUT2D eigenvalue weighted by atomic mass is 10.2. The summed E-state index contributed by atoms with van der Waals surface area (Å²) >= 11 is 1.30. The quantitative estimate of drug-likeness (QED) is 0.541. The van der Waals surface area contributed by atoms with Gasteiger partial charge >= 0.3 is 5.97 Å². The molecular weight excluding hydrogens is 356 g/mol. The van der Waals surface area contributed by atoms with Crippen LogP contribution in [-0.2, 0) is 14.3 Å². The van der Waals surface area contributed by atoms with Crippen LogP contribution in [0.1, 0.15) is 10.4 Å². The topological polar surface area (TPSA) is 108 Å². The Morgan fingerprint density at radius 1 is 1.04 bits per heavy atom. The van der Waals surface area contributed by atoms with Crippen LogP contribution in [0, 0.1) is 0 Å². The lowest BCUT2D eigenvalue weighted by molar-refractivity contribution is -0.144. The highest BCUT2D eigenvalue weighted by molar-refractivity contribution is 8.00. The molecule has 136 valence electrons. The van der Waals surface area contributed by atoms with Crippen LogP contribution in [0.4, 0.5) is 5.69 Å². The summed E-state index contributed by atoms with van der Waals surface area (Å²) in [5.41, 5.74) is 5.95. The van der Waals surface area contributed by atoms with E-state index in [9.17, 15) is 14.4 Å². The molecule has 0 saturated heterocycles. The number of nitrogens with two attached hydrogens (primary N) is 1. The summed E-state index contributed by atoms with van der Waals surface area (Å²) in [5, 5.41) is 2.56. The van der Waals surface area contributed by atoms with Crippen molar-refractivity contribution in [3.63, 3.8) is 0 Å². The minimum atomic E-state index is -0.550. The van der Waals surface area contributed by atoms with E-state index in [0.29, 0.717) is 11.3 Å². The molecule has 2 rings (SSSR count). The van der Waals surface area contributed by atoms with E-state index in [1.54, 1.807) is 31.4 Å². The molecule has 0 spiro atoms. The molecule has 0 aliphatic carbocycles. The molecule has 0 heterocycles. The number of benzene rings is 2. The van der Waals surface area contributed by atoms with Gasteiger partial charge in [-0.3, -0.25) is 14.4 Å². The molecule has 7 nitrogen and oxygen atoms in total. The normalized spacial score (nSPS) is 10.0. The maximum atomic E-state index is 11.8. The van der Waals surface area contributed by atoms with Gasteiger partial charge in [0.15, 0.2) is 6.61 Å². The zero-order valence-electron chi connectivity index (χ0n) is 14.1. The zero-order valence-corrected chi connectivity index (χ0v) is 14.9. The molecule has 0 aliphatic rings. The number of carbonyl (C=O) groups is 3. The van der Waals surface area contributed by atoms with Crippen LogP contribution in [0.3, 0.4) is 0 Å². The molecule has 2 amide bonds. The second-order valence-corrected chi connectivity index (χ2v) is 6.16. The fourth-order valence-electron chi connectivity index (χ4n) is 1.92. The Kier molecular flexibility index (Phi) is 7.04. The fourth-order valence-corrected chi connectivity index (χ4v) is 2.61. The number of esters is 1. The standard InChI is InChI=1S/C18H18N2O5S/c1-24-14-6-8-15(9-7-14)26-11-17(22)25-10-16(21)20-13-4-2-12(3-5-13)18(19)23/h2-9H,10-11H2,1H3,(H2,19,23)(H,20,21). The number of amides is 2. The van der Waals surface area contributed by atoms with Gasteiger partial charge in [-0.15, -0.1) is 11.8 Å². The molecule has 2 aromatic rings. The number of thioether (sulfide) groups is 1. The molecule has 0 unspecified atom stereocenters. The molecule has 0 radical (unpaired) electrons. The Morgan fingerprint density at radius 3 is 2.27 bits per heavy atom.